The lowest BCUT2D eigenvalue weighted by atomic mass is 9.95. The van der Waals surface area contributed by atoms with E-state index >= 15 is 0 Å². The van der Waals surface area contributed by atoms with Crippen LogP contribution in [0.25, 0.3) is 10.8 Å². The molecule has 0 aromatic heterocycles. The maximum atomic E-state index is 13.6. The number of alkyl halides is 3. The van der Waals surface area contributed by atoms with Crippen LogP contribution in [0, 0.1) is 11.3 Å². The second-order valence-corrected chi connectivity index (χ2v) is 5.28. The van der Waals surface area contributed by atoms with E-state index in [1.54, 1.807) is 24.3 Å². The number of carbonyl (C=O) groups excluding carboxylic acids is 1. The first-order chi connectivity index (χ1) is 10.9. The fraction of sp³-hybridized carbons (Fsp3) is 0.250. The van der Waals surface area contributed by atoms with Gasteiger partial charge in [-0.25, -0.2) is 5.01 Å². The maximum Gasteiger partial charge on any atom is 0.409 e. The van der Waals surface area contributed by atoms with Crippen molar-refractivity contribution in [2.75, 3.05) is 6.54 Å². The molecule has 118 valence electrons. The van der Waals surface area contributed by atoms with E-state index in [0.29, 0.717) is 16.3 Å². The van der Waals surface area contributed by atoms with Crippen LogP contribution in [0.3, 0.4) is 0 Å². The number of nitrogens with one attached hydrogen (secondary N) is 1. The van der Waals surface area contributed by atoms with Crippen LogP contribution in [0.1, 0.15) is 23.6 Å². The largest absolute Gasteiger partial charge is 0.409 e. The van der Waals surface area contributed by atoms with Gasteiger partial charge in [0.1, 0.15) is 0 Å². The normalized spacial score (nSPS) is 17.0. The van der Waals surface area contributed by atoms with Crippen molar-refractivity contribution in [1.29, 1.82) is 5.26 Å². The van der Waals surface area contributed by atoms with Crippen LogP contribution in [-0.2, 0) is 4.79 Å². The number of hydrogen-bond acceptors (Lipinski definition) is 3. The lowest BCUT2D eigenvalue weighted by Crippen LogP contribution is -2.43. The molecule has 0 saturated carbocycles. The molecule has 0 bridgehead atoms. The van der Waals surface area contributed by atoms with Gasteiger partial charge in [-0.1, -0.05) is 30.3 Å². The summed E-state index contributed by atoms with van der Waals surface area (Å²) < 4.78 is 40.9. The summed E-state index contributed by atoms with van der Waals surface area (Å²) in [4.78, 5) is 11.3. The summed E-state index contributed by atoms with van der Waals surface area (Å²) >= 11 is 0. The van der Waals surface area contributed by atoms with Gasteiger partial charge in [0.15, 0.2) is 6.04 Å². The zero-order chi connectivity index (χ0) is 16.6. The van der Waals surface area contributed by atoms with Crippen molar-refractivity contribution < 1.29 is 18.0 Å². The minimum Gasteiger partial charge on any atom is -0.288 e. The number of rotatable bonds is 2. The standard InChI is InChI=1S/C16H12F3N3O/c17-16(18,19)15(22-8-7-14(23)21-22)13-6-2-4-11-10(9-20)3-1-5-12(11)13/h1-6,15H,7-8H2,(H,21,23)/t15-/m0/s1. The molecule has 0 aliphatic carbocycles. The third kappa shape index (κ3) is 2.73. The van der Waals surface area contributed by atoms with Gasteiger partial charge in [0.25, 0.3) is 0 Å². The molecule has 3 rings (SSSR count). The van der Waals surface area contributed by atoms with Crippen molar-refractivity contribution in [3.63, 3.8) is 0 Å². The minimum absolute atomic E-state index is 0.0165. The number of nitriles is 1. The average Bonchev–Trinajstić information content (AvgIpc) is 2.91. The van der Waals surface area contributed by atoms with Gasteiger partial charge in [0.05, 0.1) is 11.6 Å². The molecule has 1 N–H and O–H groups in total. The van der Waals surface area contributed by atoms with Crippen molar-refractivity contribution in [3.8, 4) is 6.07 Å². The second-order valence-electron chi connectivity index (χ2n) is 5.28. The van der Waals surface area contributed by atoms with Crippen molar-refractivity contribution in [3.05, 3.63) is 47.5 Å². The first-order valence-corrected chi connectivity index (χ1v) is 6.96. The first kappa shape index (κ1) is 15.3. The summed E-state index contributed by atoms with van der Waals surface area (Å²) in [5.41, 5.74) is 2.60. The Bertz CT molecular complexity index is 810. The van der Waals surface area contributed by atoms with Crippen LogP contribution in [0.15, 0.2) is 36.4 Å². The first-order valence-electron chi connectivity index (χ1n) is 6.96. The number of hydrazine groups is 1. The van der Waals surface area contributed by atoms with Gasteiger partial charge in [-0.15, -0.1) is 0 Å². The van der Waals surface area contributed by atoms with Gasteiger partial charge in [0.2, 0.25) is 5.91 Å². The SMILES string of the molecule is N#Cc1cccc2c([C@H](N3CCC(=O)N3)C(F)(F)F)cccc12. The smallest absolute Gasteiger partial charge is 0.288 e. The van der Waals surface area contributed by atoms with Crippen molar-refractivity contribution in [1.82, 2.24) is 10.4 Å². The molecule has 1 heterocycles. The highest BCUT2D eigenvalue weighted by molar-refractivity contribution is 5.91. The minimum atomic E-state index is -4.56. The van der Waals surface area contributed by atoms with Crippen molar-refractivity contribution >= 4 is 16.7 Å². The van der Waals surface area contributed by atoms with Gasteiger partial charge in [-0.05, 0) is 22.4 Å². The maximum absolute atomic E-state index is 13.6. The Morgan fingerprint density at radius 3 is 2.48 bits per heavy atom. The molecule has 2 aromatic rings. The van der Waals surface area contributed by atoms with Crippen molar-refractivity contribution in [2.45, 2.75) is 18.6 Å². The van der Waals surface area contributed by atoms with E-state index in [1.165, 1.54) is 12.1 Å². The highest BCUT2D eigenvalue weighted by atomic mass is 19.4. The summed E-state index contributed by atoms with van der Waals surface area (Å²) in [6.45, 7) is -0.0165. The van der Waals surface area contributed by atoms with Gasteiger partial charge >= 0.3 is 6.18 Å². The number of halogens is 3. The van der Waals surface area contributed by atoms with E-state index in [4.69, 9.17) is 5.26 Å². The third-order valence-electron chi connectivity index (χ3n) is 3.84. The monoisotopic (exact) mass is 319 g/mol. The van der Waals surface area contributed by atoms with Crippen LogP contribution < -0.4 is 5.43 Å². The van der Waals surface area contributed by atoms with Gasteiger partial charge in [-0.3, -0.25) is 10.2 Å². The van der Waals surface area contributed by atoms with Crippen LogP contribution in [0.5, 0.6) is 0 Å². The molecular formula is C16H12F3N3O. The number of amides is 1. The number of nitrogens with zero attached hydrogens (tertiary/aromatic N) is 2. The third-order valence-corrected chi connectivity index (χ3v) is 3.84. The summed E-state index contributed by atoms with van der Waals surface area (Å²) in [5.74, 6) is -0.433. The Labute approximate surface area is 130 Å². The van der Waals surface area contributed by atoms with E-state index in [1.807, 2.05) is 6.07 Å². The Hall–Kier alpha value is -2.59. The van der Waals surface area contributed by atoms with Crippen LogP contribution >= 0.6 is 0 Å². The lowest BCUT2D eigenvalue weighted by Gasteiger charge is -2.30. The molecule has 1 atom stereocenters. The molecule has 2 aromatic carbocycles. The molecular weight excluding hydrogens is 307 g/mol. The number of hydrogen-bond donors (Lipinski definition) is 1. The molecule has 1 saturated heterocycles. The molecule has 23 heavy (non-hydrogen) atoms. The van der Waals surface area contributed by atoms with Gasteiger partial charge in [-0.2, -0.15) is 18.4 Å². The molecule has 1 amide bonds. The zero-order valence-corrected chi connectivity index (χ0v) is 11.9. The topological polar surface area (TPSA) is 56.1 Å². The van der Waals surface area contributed by atoms with Crippen LogP contribution in [0.2, 0.25) is 0 Å². The molecule has 1 aliphatic rings. The van der Waals surface area contributed by atoms with E-state index < -0.39 is 18.1 Å². The molecule has 0 radical (unpaired) electrons. The van der Waals surface area contributed by atoms with Gasteiger partial charge < -0.3 is 0 Å². The summed E-state index contributed by atoms with van der Waals surface area (Å²) in [7, 11) is 0. The molecule has 0 unspecified atom stereocenters. The summed E-state index contributed by atoms with van der Waals surface area (Å²) in [6, 6.07) is 9.20. The van der Waals surface area contributed by atoms with Gasteiger partial charge in [0, 0.05) is 13.0 Å². The van der Waals surface area contributed by atoms with Crippen LogP contribution in [-0.4, -0.2) is 23.6 Å². The number of benzene rings is 2. The molecule has 1 fully saturated rings. The van der Waals surface area contributed by atoms with E-state index in [2.05, 4.69) is 5.43 Å². The second kappa shape index (κ2) is 5.56. The fourth-order valence-electron chi connectivity index (χ4n) is 2.88. The zero-order valence-electron chi connectivity index (χ0n) is 11.9. The number of fused-ring (bicyclic) bond motifs is 1. The molecule has 7 heteroatoms. The predicted octanol–water partition coefficient (Wildman–Crippen LogP) is 3.05. The van der Waals surface area contributed by atoms with E-state index in [9.17, 15) is 18.0 Å². The Balaban J connectivity index is 2.19. The summed E-state index contributed by atoms with van der Waals surface area (Å²) in [6.07, 6.45) is -4.53. The lowest BCUT2D eigenvalue weighted by molar-refractivity contribution is -0.190. The highest BCUT2D eigenvalue weighted by Gasteiger charge is 2.47. The fourth-order valence-corrected chi connectivity index (χ4v) is 2.88. The molecule has 0 spiro atoms. The summed E-state index contributed by atoms with van der Waals surface area (Å²) in [5, 5.41) is 10.9. The molecule has 4 nitrogen and oxygen atoms in total. The Morgan fingerprint density at radius 2 is 1.87 bits per heavy atom. The Kier molecular flexibility index (Phi) is 3.70. The predicted molar refractivity (Wildman–Crippen MR) is 76.9 cm³/mol. The van der Waals surface area contributed by atoms with E-state index in [0.717, 1.165) is 5.01 Å². The van der Waals surface area contributed by atoms with Crippen molar-refractivity contribution in [2.24, 2.45) is 0 Å². The molecule has 1 aliphatic heterocycles. The van der Waals surface area contributed by atoms with Crippen LogP contribution in [0.4, 0.5) is 13.2 Å². The average molecular weight is 319 g/mol. The quantitative estimate of drug-likeness (QED) is 0.925. The number of carbonyl (C=O) groups is 1. The van der Waals surface area contributed by atoms with E-state index in [-0.39, 0.29) is 18.5 Å². The Morgan fingerprint density at radius 1 is 1.17 bits per heavy atom. The highest BCUT2D eigenvalue weighted by Crippen LogP contribution is 2.41.